The van der Waals surface area contributed by atoms with Gasteiger partial charge in [-0.2, -0.15) is 0 Å². The zero-order valence-electron chi connectivity index (χ0n) is 11.5. The predicted molar refractivity (Wildman–Crippen MR) is 83.3 cm³/mol. The first-order chi connectivity index (χ1) is 9.40. The molecular weight excluding hydrogens is 320 g/mol. The van der Waals surface area contributed by atoms with E-state index in [4.69, 9.17) is 0 Å². The Morgan fingerprint density at radius 3 is 2.40 bits per heavy atom. The van der Waals surface area contributed by atoms with Gasteiger partial charge in [0.25, 0.3) is 11.5 Å². The van der Waals surface area contributed by atoms with Gasteiger partial charge in [-0.1, -0.05) is 15.9 Å². The van der Waals surface area contributed by atoms with E-state index in [1.807, 2.05) is 25.1 Å². The van der Waals surface area contributed by atoms with Crippen LogP contribution in [0.1, 0.15) is 21.6 Å². The number of aromatic nitrogens is 1. The molecule has 0 bridgehead atoms. The molecule has 0 aliphatic heterocycles. The first-order valence-electron chi connectivity index (χ1n) is 6.14. The maximum Gasteiger partial charge on any atom is 0.263 e. The third-order valence-electron chi connectivity index (χ3n) is 3.20. The van der Waals surface area contributed by atoms with Crippen molar-refractivity contribution in [2.75, 3.05) is 5.32 Å². The lowest BCUT2D eigenvalue weighted by Crippen LogP contribution is -2.30. The number of nitrogens with zero attached hydrogens (tertiary/aromatic N) is 1. The Labute approximate surface area is 125 Å². The Kier molecular flexibility index (Phi) is 4.09. The van der Waals surface area contributed by atoms with Gasteiger partial charge in [0.15, 0.2) is 0 Å². The molecule has 1 heterocycles. The number of rotatable bonds is 2. The minimum Gasteiger partial charge on any atom is -0.322 e. The third-order valence-corrected chi connectivity index (χ3v) is 3.73. The van der Waals surface area contributed by atoms with Crippen LogP contribution in [0.3, 0.4) is 0 Å². The lowest BCUT2D eigenvalue weighted by atomic mass is 10.1. The van der Waals surface area contributed by atoms with Crippen molar-refractivity contribution < 1.29 is 4.79 Å². The Morgan fingerprint density at radius 2 is 1.80 bits per heavy atom. The quantitative estimate of drug-likeness (QED) is 0.917. The molecule has 1 aromatic heterocycles. The van der Waals surface area contributed by atoms with Gasteiger partial charge in [-0.3, -0.25) is 9.59 Å². The van der Waals surface area contributed by atoms with Crippen molar-refractivity contribution in [3.63, 3.8) is 0 Å². The van der Waals surface area contributed by atoms with Crippen molar-refractivity contribution in [1.82, 2.24) is 4.57 Å². The van der Waals surface area contributed by atoms with Crippen LogP contribution in [0.15, 0.2) is 39.6 Å². The highest BCUT2D eigenvalue weighted by molar-refractivity contribution is 9.10. The van der Waals surface area contributed by atoms with Gasteiger partial charge in [0, 0.05) is 22.9 Å². The molecule has 20 heavy (non-hydrogen) atoms. The highest BCUT2D eigenvalue weighted by atomic mass is 79.9. The summed E-state index contributed by atoms with van der Waals surface area (Å²) in [5, 5.41) is 2.74. The van der Waals surface area contributed by atoms with Crippen LogP contribution >= 0.6 is 15.9 Å². The molecule has 2 rings (SSSR count). The summed E-state index contributed by atoms with van der Waals surface area (Å²) < 4.78 is 2.40. The van der Waals surface area contributed by atoms with Gasteiger partial charge in [0.2, 0.25) is 0 Å². The van der Waals surface area contributed by atoms with Gasteiger partial charge >= 0.3 is 0 Å². The number of pyridine rings is 1. The van der Waals surface area contributed by atoms with Gasteiger partial charge < -0.3 is 9.88 Å². The zero-order chi connectivity index (χ0) is 14.9. The molecule has 0 saturated heterocycles. The maximum atomic E-state index is 12.3. The SMILES string of the molecule is Cc1cc(C)n(C)c(=O)c1C(=O)Nc1ccc(Br)cc1. The van der Waals surface area contributed by atoms with Crippen LogP contribution in [-0.4, -0.2) is 10.5 Å². The van der Waals surface area contributed by atoms with E-state index >= 15 is 0 Å². The van der Waals surface area contributed by atoms with E-state index < -0.39 is 0 Å². The van der Waals surface area contributed by atoms with E-state index in [1.165, 1.54) is 4.57 Å². The first-order valence-corrected chi connectivity index (χ1v) is 6.93. The van der Waals surface area contributed by atoms with E-state index in [0.29, 0.717) is 11.3 Å². The number of hydrogen-bond acceptors (Lipinski definition) is 2. The molecule has 5 heteroatoms. The maximum absolute atomic E-state index is 12.3. The fourth-order valence-corrected chi connectivity index (χ4v) is 2.25. The second-order valence-electron chi connectivity index (χ2n) is 4.67. The summed E-state index contributed by atoms with van der Waals surface area (Å²) in [6, 6.07) is 9.04. The fourth-order valence-electron chi connectivity index (χ4n) is 1.98. The van der Waals surface area contributed by atoms with Gasteiger partial charge in [0.05, 0.1) is 0 Å². The third kappa shape index (κ3) is 2.82. The second-order valence-corrected chi connectivity index (χ2v) is 5.58. The van der Waals surface area contributed by atoms with Crippen LogP contribution in [0.4, 0.5) is 5.69 Å². The summed E-state index contributed by atoms with van der Waals surface area (Å²) in [4.78, 5) is 24.5. The largest absolute Gasteiger partial charge is 0.322 e. The van der Waals surface area contributed by atoms with Crippen LogP contribution in [0.5, 0.6) is 0 Å². The number of aryl methyl sites for hydroxylation is 2. The van der Waals surface area contributed by atoms with E-state index in [9.17, 15) is 9.59 Å². The van der Waals surface area contributed by atoms with Crippen LogP contribution in [-0.2, 0) is 7.05 Å². The molecule has 0 aliphatic rings. The van der Waals surface area contributed by atoms with Crippen molar-refractivity contribution in [2.45, 2.75) is 13.8 Å². The van der Waals surface area contributed by atoms with Gasteiger partial charge in [-0.25, -0.2) is 0 Å². The van der Waals surface area contributed by atoms with Crippen LogP contribution in [0.2, 0.25) is 0 Å². The van der Waals surface area contributed by atoms with Crippen molar-refractivity contribution in [2.24, 2.45) is 7.05 Å². The number of hydrogen-bond donors (Lipinski definition) is 1. The average Bonchev–Trinajstić information content (AvgIpc) is 2.39. The molecule has 0 spiro atoms. The number of anilines is 1. The minimum absolute atomic E-state index is 0.181. The number of benzene rings is 1. The standard InChI is InChI=1S/C15H15BrN2O2/c1-9-8-10(2)18(3)15(20)13(9)14(19)17-12-6-4-11(16)5-7-12/h4-8H,1-3H3,(H,17,19). The Balaban J connectivity index is 2.37. The van der Waals surface area contributed by atoms with E-state index in [-0.39, 0.29) is 17.0 Å². The number of halogens is 1. The van der Waals surface area contributed by atoms with Crippen molar-refractivity contribution in [1.29, 1.82) is 0 Å². The van der Waals surface area contributed by atoms with Gasteiger partial charge in [-0.15, -0.1) is 0 Å². The molecule has 0 saturated carbocycles. The molecule has 1 N–H and O–H groups in total. The summed E-state index contributed by atoms with van der Waals surface area (Å²) in [6.45, 7) is 3.61. The molecule has 0 radical (unpaired) electrons. The van der Waals surface area contributed by atoms with Crippen LogP contribution in [0, 0.1) is 13.8 Å². The topological polar surface area (TPSA) is 51.1 Å². The second kappa shape index (κ2) is 5.63. The summed E-state index contributed by atoms with van der Waals surface area (Å²) in [5.74, 6) is -0.384. The highest BCUT2D eigenvalue weighted by Gasteiger charge is 2.16. The molecule has 0 fully saturated rings. The number of nitrogens with one attached hydrogen (secondary N) is 1. The first kappa shape index (κ1) is 14.5. The number of carbonyl (C=O) groups is 1. The molecule has 0 aliphatic carbocycles. The Hall–Kier alpha value is -1.88. The van der Waals surface area contributed by atoms with Crippen LogP contribution in [0.25, 0.3) is 0 Å². The number of amides is 1. The lowest BCUT2D eigenvalue weighted by molar-refractivity contribution is 0.102. The summed E-state index contributed by atoms with van der Waals surface area (Å²) >= 11 is 3.33. The molecule has 0 atom stereocenters. The Bertz CT molecular complexity index is 718. The van der Waals surface area contributed by atoms with E-state index in [1.54, 1.807) is 26.1 Å². The molecular formula is C15H15BrN2O2. The summed E-state index contributed by atoms with van der Waals surface area (Å²) in [6.07, 6.45) is 0. The normalized spacial score (nSPS) is 10.4. The van der Waals surface area contributed by atoms with Crippen molar-refractivity contribution >= 4 is 27.5 Å². The van der Waals surface area contributed by atoms with Crippen molar-refractivity contribution in [3.05, 3.63) is 62.0 Å². The monoisotopic (exact) mass is 334 g/mol. The van der Waals surface area contributed by atoms with Crippen LogP contribution < -0.4 is 10.9 Å². The van der Waals surface area contributed by atoms with Gasteiger partial charge in [-0.05, 0) is 49.7 Å². The van der Waals surface area contributed by atoms with Crippen molar-refractivity contribution in [3.8, 4) is 0 Å². The number of carbonyl (C=O) groups excluding carboxylic acids is 1. The summed E-state index contributed by atoms with van der Waals surface area (Å²) in [5.41, 5.74) is 2.06. The molecule has 2 aromatic rings. The average molecular weight is 335 g/mol. The van der Waals surface area contributed by atoms with Gasteiger partial charge in [0.1, 0.15) is 5.56 Å². The molecule has 0 unspecified atom stereocenters. The highest BCUT2D eigenvalue weighted by Crippen LogP contribution is 2.15. The Morgan fingerprint density at radius 1 is 1.20 bits per heavy atom. The van der Waals surface area contributed by atoms with E-state index in [0.717, 1.165) is 10.2 Å². The predicted octanol–water partition coefficient (Wildman–Crippen LogP) is 3.02. The summed E-state index contributed by atoms with van der Waals surface area (Å²) in [7, 11) is 1.66. The zero-order valence-corrected chi connectivity index (χ0v) is 13.1. The lowest BCUT2D eigenvalue weighted by Gasteiger charge is -2.11. The minimum atomic E-state index is -0.384. The van der Waals surface area contributed by atoms with E-state index in [2.05, 4.69) is 21.2 Å². The molecule has 1 amide bonds. The molecule has 1 aromatic carbocycles. The smallest absolute Gasteiger partial charge is 0.263 e. The molecule has 4 nitrogen and oxygen atoms in total. The molecule has 104 valence electrons. The fraction of sp³-hybridized carbons (Fsp3) is 0.200.